The minimum absolute atomic E-state index is 0.138. The number of aryl methyl sites for hydroxylation is 1. The van der Waals surface area contributed by atoms with E-state index in [0.717, 1.165) is 17.7 Å². The second-order valence-electron chi connectivity index (χ2n) is 7.62. The van der Waals surface area contributed by atoms with E-state index >= 15 is 0 Å². The molecule has 2 aromatic carbocycles. The van der Waals surface area contributed by atoms with Crippen molar-refractivity contribution in [3.8, 4) is 22.6 Å². The molecule has 2 heterocycles. The summed E-state index contributed by atoms with van der Waals surface area (Å²) in [6.07, 6.45) is 3.34. The number of ether oxygens (including phenoxy) is 1. The Morgan fingerprint density at radius 3 is 2.55 bits per heavy atom. The summed E-state index contributed by atoms with van der Waals surface area (Å²) >= 11 is 0. The molecule has 0 aliphatic carbocycles. The van der Waals surface area contributed by atoms with Gasteiger partial charge in [0.1, 0.15) is 17.1 Å². The first-order valence-corrected chi connectivity index (χ1v) is 12.1. The molecular weight excluding hydrogens is 448 g/mol. The van der Waals surface area contributed by atoms with Gasteiger partial charge in [-0.25, -0.2) is 17.4 Å². The van der Waals surface area contributed by atoms with E-state index in [9.17, 15) is 17.8 Å². The van der Waals surface area contributed by atoms with Gasteiger partial charge < -0.3 is 14.3 Å². The van der Waals surface area contributed by atoms with Crippen molar-refractivity contribution in [2.45, 2.75) is 12.7 Å². The number of H-pyrrole nitrogens is 1. The Morgan fingerprint density at radius 2 is 1.85 bits per heavy atom. The van der Waals surface area contributed by atoms with Crippen LogP contribution in [0.2, 0.25) is 0 Å². The van der Waals surface area contributed by atoms with E-state index in [1.165, 1.54) is 17.7 Å². The van der Waals surface area contributed by atoms with E-state index in [1.807, 2.05) is 13.0 Å². The van der Waals surface area contributed by atoms with Crippen molar-refractivity contribution < 1.29 is 17.7 Å². The van der Waals surface area contributed by atoms with E-state index in [2.05, 4.69) is 9.35 Å². The Balaban J connectivity index is 1.93. The Labute approximate surface area is 190 Å². The lowest BCUT2D eigenvalue weighted by Crippen LogP contribution is -2.16. The average molecular weight is 472 g/mol. The molecule has 4 rings (SSSR count). The van der Waals surface area contributed by atoms with Crippen LogP contribution in [0.25, 0.3) is 22.0 Å². The number of pyridine rings is 1. The zero-order valence-electron chi connectivity index (χ0n) is 18.4. The average Bonchev–Trinajstić information content (AvgIpc) is 3.29. The topological polar surface area (TPSA) is 76.5 Å². The highest BCUT2D eigenvalue weighted by atomic mass is 32.2. The zero-order chi connectivity index (χ0) is 23.8. The van der Waals surface area contributed by atoms with Crippen molar-refractivity contribution in [3.05, 3.63) is 82.4 Å². The lowest BCUT2D eigenvalue weighted by Gasteiger charge is -2.16. The van der Waals surface area contributed by atoms with Crippen LogP contribution in [0.4, 0.5) is 8.78 Å². The third kappa shape index (κ3) is 4.41. The van der Waals surface area contributed by atoms with Crippen LogP contribution in [0.3, 0.4) is 0 Å². The normalized spacial score (nSPS) is 13.1. The van der Waals surface area contributed by atoms with Gasteiger partial charge in [-0.15, -0.1) is 0 Å². The second kappa shape index (κ2) is 8.82. The molecule has 0 saturated carbocycles. The molecule has 4 aromatic rings. The molecule has 9 heteroatoms. The van der Waals surface area contributed by atoms with Crippen molar-refractivity contribution >= 4 is 20.6 Å². The first-order valence-electron chi connectivity index (χ1n) is 10.3. The summed E-state index contributed by atoms with van der Waals surface area (Å²) < 4.78 is 52.0. The molecule has 1 atom stereocenters. The fourth-order valence-corrected chi connectivity index (χ4v) is 4.97. The molecule has 172 valence electrons. The van der Waals surface area contributed by atoms with Gasteiger partial charge in [-0.05, 0) is 35.9 Å². The molecular formula is C24H23F2N3O3S. The minimum atomic E-state index is -2.43. The lowest BCUT2D eigenvalue weighted by atomic mass is 10.0. The molecule has 0 aliphatic rings. The monoisotopic (exact) mass is 471 g/mol. The molecule has 0 bridgehead atoms. The maximum atomic E-state index is 14.3. The molecule has 0 aliphatic heterocycles. The number of aromatic nitrogens is 2. The van der Waals surface area contributed by atoms with E-state index in [0.29, 0.717) is 33.5 Å². The largest absolute Gasteiger partial charge is 0.454 e. The van der Waals surface area contributed by atoms with Crippen LogP contribution in [-0.4, -0.2) is 26.6 Å². The summed E-state index contributed by atoms with van der Waals surface area (Å²) in [6.45, 7) is 1.82. The van der Waals surface area contributed by atoms with E-state index < -0.39 is 21.4 Å². The molecule has 0 saturated heterocycles. The van der Waals surface area contributed by atoms with Crippen molar-refractivity contribution in [2.75, 3.05) is 12.8 Å². The van der Waals surface area contributed by atoms with Crippen LogP contribution in [0.5, 0.6) is 11.5 Å². The Bertz CT molecular complexity index is 1530. The number of aromatic amines is 1. The van der Waals surface area contributed by atoms with E-state index in [-0.39, 0.29) is 17.1 Å². The molecule has 1 N–H and O–H groups in total. The minimum Gasteiger partial charge on any atom is -0.454 e. The molecule has 0 radical (unpaired) electrons. The lowest BCUT2D eigenvalue weighted by molar-refractivity contribution is 0.439. The second-order valence-corrected chi connectivity index (χ2v) is 10.4. The molecule has 1 unspecified atom stereocenters. The van der Waals surface area contributed by atoms with Gasteiger partial charge in [-0.2, -0.15) is 0 Å². The van der Waals surface area contributed by atoms with Crippen LogP contribution in [0, 0.1) is 11.6 Å². The van der Waals surface area contributed by atoms with Crippen LogP contribution in [0.15, 0.2) is 64.0 Å². The number of hydrogen-bond acceptors (Lipinski definition) is 4. The van der Waals surface area contributed by atoms with Crippen LogP contribution < -0.4 is 10.3 Å². The predicted octanol–water partition coefficient (Wildman–Crippen LogP) is 5.22. The van der Waals surface area contributed by atoms with Gasteiger partial charge in [0.15, 0.2) is 11.6 Å². The van der Waals surface area contributed by atoms with Crippen molar-refractivity contribution in [3.63, 3.8) is 0 Å². The van der Waals surface area contributed by atoms with Gasteiger partial charge in [0.2, 0.25) is 0 Å². The van der Waals surface area contributed by atoms with Gasteiger partial charge in [0.25, 0.3) is 5.56 Å². The SMILES string of the molecule is CCS(=O)(Cc1ccc(Oc2ccc(F)cc2F)c(-c2cn(C)c(=O)c3[nH]ccc23)c1)=NC. The molecule has 2 aromatic heterocycles. The third-order valence-electron chi connectivity index (χ3n) is 5.52. The van der Waals surface area contributed by atoms with Crippen molar-refractivity contribution in [2.24, 2.45) is 11.4 Å². The fraction of sp³-hybridized carbons (Fsp3) is 0.208. The summed E-state index contributed by atoms with van der Waals surface area (Å²) in [5, 5.41) is 0.663. The van der Waals surface area contributed by atoms with Crippen LogP contribution in [0.1, 0.15) is 12.5 Å². The van der Waals surface area contributed by atoms with Gasteiger partial charge in [-0.3, -0.25) is 4.79 Å². The van der Waals surface area contributed by atoms with Gasteiger partial charge in [0.05, 0.1) is 15.5 Å². The van der Waals surface area contributed by atoms with E-state index in [4.69, 9.17) is 4.74 Å². The summed E-state index contributed by atoms with van der Waals surface area (Å²) in [5.74, 6) is -0.737. The summed E-state index contributed by atoms with van der Waals surface area (Å²) in [6, 6.07) is 10.1. The highest BCUT2D eigenvalue weighted by molar-refractivity contribution is 7.92. The summed E-state index contributed by atoms with van der Waals surface area (Å²) in [5.41, 5.74) is 2.22. The molecule has 33 heavy (non-hydrogen) atoms. The Morgan fingerprint density at radius 1 is 1.09 bits per heavy atom. The number of hydrogen-bond donors (Lipinski definition) is 1. The smallest absolute Gasteiger partial charge is 0.274 e. The van der Waals surface area contributed by atoms with Crippen molar-refractivity contribution in [1.82, 2.24) is 9.55 Å². The number of nitrogens with zero attached hydrogens (tertiary/aromatic N) is 2. The molecule has 0 spiro atoms. The van der Waals surface area contributed by atoms with Gasteiger partial charge in [-0.1, -0.05) is 13.0 Å². The standard InChI is InChI=1S/C24H23F2N3O3S/c1-4-33(31,27-2)14-15-5-7-21(32-22-8-6-16(25)12-20(22)26)18(11-15)19-13-29(3)24(30)23-17(19)9-10-28-23/h5-13,28H,4,14H2,1-3H3. The molecule has 6 nitrogen and oxygen atoms in total. The van der Waals surface area contributed by atoms with Gasteiger partial charge >= 0.3 is 0 Å². The quantitative estimate of drug-likeness (QED) is 0.419. The highest BCUT2D eigenvalue weighted by Crippen LogP contribution is 2.38. The Kier molecular flexibility index (Phi) is 6.07. The number of halogens is 2. The number of nitrogens with one attached hydrogen (secondary N) is 1. The predicted molar refractivity (Wildman–Crippen MR) is 126 cm³/mol. The highest BCUT2D eigenvalue weighted by Gasteiger charge is 2.18. The summed E-state index contributed by atoms with van der Waals surface area (Å²) in [4.78, 5) is 15.5. The summed E-state index contributed by atoms with van der Waals surface area (Å²) in [7, 11) is 0.749. The first-order chi connectivity index (χ1) is 15.7. The first kappa shape index (κ1) is 22.7. The molecule has 0 fully saturated rings. The number of benzene rings is 2. The van der Waals surface area contributed by atoms with Crippen LogP contribution >= 0.6 is 0 Å². The van der Waals surface area contributed by atoms with Crippen molar-refractivity contribution in [1.29, 1.82) is 0 Å². The maximum absolute atomic E-state index is 14.3. The maximum Gasteiger partial charge on any atom is 0.274 e. The fourth-order valence-electron chi connectivity index (χ4n) is 3.68. The third-order valence-corrected chi connectivity index (χ3v) is 7.87. The van der Waals surface area contributed by atoms with Crippen LogP contribution in [-0.2, 0) is 22.5 Å². The molecule has 0 amide bonds. The Hall–Kier alpha value is -3.46. The number of rotatable bonds is 6. The van der Waals surface area contributed by atoms with Gasteiger partial charge in [0, 0.05) is 54.8 Å². The number of fused-ring (bicyclic) bond motifs is 1. The van der Waals surface area contributed by atoms with E-state index in [1.54, 1.807) is 37.6 Å². The zero-order valence-corrected chi connectivity index (χ0v) is 19.2.